The van der Waals surface area contributed by atoms with Gasteiger partial charge in [-0.05, 0) is 0 Å². The molecule has 0 heterocycles. The van der Waals surface area contributed by atoms with E-state index in [4.69, 9.17) is 0 Å². The molecule has 0 aromatic rings. The third-order valence-corrected chi connectivity index (χ3v) is 1.71. The van der Waals surface area contributed by atoms with Crippen LogP contribution < -0.4 is 6.15 Å². The molecule has 72 valence electrons. The first-order valence-corrected chi connectivity index (χ1v) is 4.41. The van der Waals surface area contributed by atoms with Crippen molar-refractivity contribution in [2.24, 2.45) is 0 Å². The molecule has 0 rings (SSSR count). The summed E-state index contributed by atoms with van der Waals surface area (Å²) in [5.41, 5.74) is 0. The number of hydrogen-bond donors (Lipinski definition) is 1. The molecule has 0 radical (unpaired) electrons. The predicted octanol–water partition coefficient (Wildman–Crippen LogP) is 4.07. The van der Waals surface area contributed by atoms with E-state index in [-0.39, 0.29) is 10.9 Å². The van der Waals surface area contributed by atoms with E-state index >= 15 is 0 Å². The van der Waals surface area contributed by atoms with Crippen LogP contribution >= 0.6 is 0 Å². The maximum Gasteiger partial charge on any atom is -0.0533 e. The van der Waals surface area contributed by atoms with Crippen LogP contribution in [0.1, 0.15) is 58.8 Å². The van der Waals surface area contributed by atoms with Crippen molar-refractivity contribution >= 4 is 0 Å². The molecule has 0 aromatic carbocycles. The number of unbranched alkanes of at least 4 members (excludes halogenated alkanes) is 6. The van der Waals surface area contributed by atoms with E-state index in [1.165, 1.54) is 44.9 Å². The normalized spacial score (nSPS) is 8.18. The molecule has 1 nitrogen and oxygen atoms in total. The Hall–Kier alpha value is -0.110. The fourth-order valence-corrected chi connectivity index (χ4v) is 1.03. The Balaban J connectivity index is -0.000000320. The Kier molecular flexibility index (Phi) is 25.6. The number of halogens is 1. The second-order valence-corrected chi connectivity index (χ2v) is 2.77. The topological polar surface area (TPSA) is 35.0 Å². The Labute approximate surface area is 70.5 Å². The molecule has 0 spiro atoms. The zero-order valence-electron chi connectivity index (χ0n) is 8.07. The third kappa shape index (κ3) is 17.7. The summed E-state index contributed by atoms with van der Waals surface area (Å²) in [7, 11) is 0. The van der Waals surface area contributed by atoms with E-state index in [0.29, 0.717) is 0 Å². The maximum atomic E-state index is 2.26. The average molecular weight is 165 g/mol. The smallest absolute Gasteiger partial charge is 0.0533 e. The molecular formula is C9H24FN. The fraction of sp³-hybridized carbons (Fsp3) is 1.00. The van der Waals surface area contributed by atoms with Crippen LogP contribution in [-0.2, 0) is 0 Å². The molecule has 0 aromatic heterocycles. The van der Waals surface area contributed by atoms with Crippen molar-refractivity contribution in [2.45, 2.75) is 58.8 Å². The van der Waals surface area contributed by atoms with Gasteiger partial charge in [0.05, 0.1) is 0 Å². The van der Waals surface area contributed by atoms with Crippen molar-refractivity contribution in [2.75, 3.05) is 0 Å². The average Bonchev–Trinajstić information content (AvgIpc) is 1.89. The second kappa shape index (κ2) is 16.5. The van der Waals surface area contributed by atoms with Gasteiger partial charge in [0.2, 0.25) is 0 Å². The predicted molar refractivity (Wildman–Crippen MR) is 51.2 cm³/mol. The van der Waals surface area contributed by atoms with Crippen LogP contribution in [0.15, 0.2) is 0 Å². The van der Waals surface area contributed by atoms with E-state index in [0.717, 1.165) is 0 Å². The highest BCUT2D eigenvalue weighted by molar-refractivity contribution is 4.41. The first kappa shape index (κ1) is 17.1. The lowest BCUT2D eigenvalue weighted by Gasteiger charge is -1.96. The van der Waals surface area contributed by atoms with Gasteiger partial charge in [0.25, 0.3) is 0 Å². The Bertz CT molecular complexity index is 42.8. The van der Waals surface area contributed by atoms with Gasteiger partial charge in [-0.3, -0.25) is 4.70 Å². The van der Waals surface area contributed by atoms with Gasteiger partial charge in [0.1, 0.15) is 0 Å². The minimum atomic E-state index is 0. The van der Waals surface area contributed by atoms with Crippen LogP contribution in [0.3, 0.4) is 0 Å². The first-order chi connectivity index (χ1) is 4.41. The quantitative estimate of drug-likeness (QED) is 0.591. The van der Waals surface area contributed by atoms with Gasteiger partial charge in [-0.15, -0.1) is 0 Å². The van der Waals surface area contributed by atoms with Crippen molar-refractivity contribution in [3.63, 3.8) is 0 Å². The molecule has 2 heteroatoms. The first-order valence-electron chi connectivity index (χ1n) is 4.41. The van der Waals surface area contributed by atoms with E-state index in [1.54, 1.807) is 0 Å². The summed E-state index contributed by atoms with van der Waals surface area (Å²) in [6.07, 6.45) is 9.97. The van der Waals surface area contributed by atoms with Crippen LogP contribution in [-0.4, -0.2) is 0 Å². The van der Waals surface area contributed by atoms with Crippen LogP contribution in [0, 0.1) is 0 Å². The summed E-state index contributed by atoms with van der Waals surface area (Å²) in [5.74, 6) is 0. The summed E-state index contributed by atoms with van der Waals surface area (Å²) >= 11 is 0. The molecule has 0 aliphatic carbocycles. The largest absolute Gasteiger partial charge is 0.344 e. The van der Waals surface area contributed by atoms with Crippen molar-refractivity contribution in [1.29, 1.82) is 0 Å². The minimum Gasteiger partial charge on any atom is -0.344 e. The second-order valence-electron chi connectivity index (χ2n) is 2.77. The molecule has 0 bridgehead atoms. The van der Waals surface area contributed by atoms with Gasteiger partial charge in [0, 0.05) is 0 Å². The summed E-state index contributed by atoms with van der Waals surface area (Å²) in [4.78, 5) is 0. The van der Waals surface area contributed by atoms with Crippen LogP contribution in [0.25, 0.3) is 0 Å². The molecule has 3 N–H and O–H groups in total. The molecule has 0 aliphatic rings. The lowest BCUT2D eigenvalue weighted by molar-refractivity contribution is 0.602. The molecule has 0 saturated carbocycles. The molecule has 0 unspecified atom stereocenters. The van der Waals surface area contributed by atoms with E-state index in [1.807, 2.05) is 0 Å². The molecule has 11 heavy (non-hydrogen) atoms. The Morgan fingerprint density at radius 1 is 0.636 bits per heavy atom. The van der Waals surface area contributed by atoms with Gasteiger partial charge in [0.15, 0.2) is 0 Å². The van der Waals surface area contributed by atoms with Crippen LogP contribution in [0.2, 0.25) is 0 Å². The Morgan fingerprint density at radius 2 is 0.909 bits per heavy atom. The van der Waals surface area contributed by atoms with Gasteiger partial charge < -0.3 is 6.15 Å². The van der Waals surface area contributed by atoms with Gasteiger partial charge in [-0.1, -0.05) is 58.8 Å². The lowest BCUT2D eigenvalue weighted by atomic mass is 10.1. The van der Waals surface area contributed by atoms with Crippen molar-refractivity contribution in [3.05, 3.63) is 0 Å². The summed E-state index contributed by atoms with van der Waals surface area (Å²) in [5, 5.41) is 0. The Morgan fingerprint density at radius 3 is 1.18 bits per heavy atom. The van der Waals surface area contributed by atoms with E-state index < -0.39 is 0 Å². The molecule has 0 atom stereocenters. The van der Waals surface area contributed by atoms with Crippen LogP contribution in [0.4, 0.5) is 4.70 Å². The minimum absolute atomic E-state index is 0. The molecule has 0 fully saturated rings. The zero-order valence-corrected chi connectivity index (χ0v) is 8.07. The van der Waals surface area contributed by atoms with Crippen LogP contribution in [0.5, 0.6) is 0 Å². The molecule has 0 saturated heterocycles. The third-order valence-electron chi connectivity index (χ3n) is 1.71. The number of hydrogen-bond acceptors (Lipinski definition) is 1. The highest BCUT2D eigenvalue weighted by atomic mass is 19.0. The summed E-state index contributed by atoms with van der Waals surface area (Å²) < 4.78 is 0. The van der Waals surface area contributed by atoms with Gasteiger partial charge >= 0.3 is 0 Å². The summed E-state index contributed by atoms with van der Waals surface area (Å²) in [6.45, 7) is 4.53. The fourth-order valence-electron chi connectivity index (χ4n) is 1.03. The SMILES string of the molecule is CCCCCCCCC.F.N. The molecule has 0 amide bonds. The van der Waals surface area contributed by atoms with Gasteiger partial charge in [-0.2, -0.15) is 0 Å². The molecule has 0 aliphatic heterocycles. The van der Waals surface area contributed by atoms with Crippen molar-refractivity contribution in [1.82, 2.24) is 6.15 Å². The molecular weight excluding hydrogens is 141 g/mol. The van der Waals surface area contributed by atoms with E-state index in [2.05, 4.69) is 13.8 Å². The van der Waals surface area contributed by atoms with Crippen molar-refractivity contribution < 1.29 is 4.70 Å². The monoisotopic (exact) mass is 165 g/mol. The highest BCUT2D eigenvalue weighted by Gasteiger charge is 1.85. The standard InChI is InChI=1S/C9H20.FH.H3N/c1-3-5-7-9-8-6-4-2;;/h3-9H2,1-2H3;1H;1H3. The lowest BCUT2D eigenvalue weighted by Crippen LogP contribution is -1.76. The van der Waals surface area contributed by atoms with Crippen molar-refractivity contribution in [3.8, 4) is 0 Å². The van der Waals surface area contributed by atoms with Gasteiger partial charge in [-0.25, -0.2) is 0 Å². The summed E-state index contributed by atoms with van der Waals surface area (Å²) in [6, 6.07) is 0. The maximum absolute atomic E-state index is 2.26. The number of rotatable bonds is 6. The zero-order chi connectivity index (χ0) is 6.95. The highest BCUT2D eigenvalue weighted by Crippen LogP contribution is 2.05. The van der Waals surface area contributed by atoms with E-state index in [9.17, 15) is 0 Å².